The Morgan fingerprint density at radius 1 is 0.443 bits per heavy atom. The van der Waals surface area contributed by atoms with Gasteiger partial charge in [-0.05, 0) is 71.8 Å². The summed E-state index contributed by atoms with van der Waals surface area (Å²) in [7, 11) is 0. The molecule has 0 unspecified atom stereocenters. The normalized spacial score (nSPS) is 11.6. The molecule has 9 heteroatoms. The number of rotatable bonds is 7. The number of nitrogens with zero attached hydrogens (tertiary/aromatic N) is 6. The average molecular weight is 909 g/mol. The van der Waals surface area contributed by atoms with Crippen LogP contribution in [0.25, 0.3) is 116 Å². The second-order valence-corrected chi connectivity index (χ2v) is 17.1. The van der Waals surface area contributed by atoms with Crippen molar-refractivity contribution in [3.8, 4) is 73.3 Å². The van der Waals surface area contributed by atoms with E-state index >= 15 is 13.2 Å². The molecule has 70 heavy (non-hydrogen) atoms. The molecule has 0 aliphatic rings. The topological polar surface area (TPSA) is 63.8 Å². The lowest BCUT2D eigenvalue weighted by atomic mass is 9.92. The van der Waals surface area contributed by atoms with Crippen molar-refractivity contribution in [2.45, 2.75) is 6.18 Å². The van der Waals surface area contributed by atoms with Gasteiger partial charge in [-0.2, -0.15) is 18.4 Å². The summed E-state index contributed by atoms with van der Waals surface area (Å²) in [5, 5.41) is 14.3. The molecule has 0 saturated carbocycles. The first kappa shape index (κ1) is 41.8. The lowest BCUT2D eigenvalue weighted by Gasteiger charge is -2.24. The fourth-order valence-electron chi connectivity index (χ4n) is 9.93. The largest absolute Gasteiger partial charge is 0.415 e. The second-order valence-electron chi connectivity index (χ2n) is 17.1. The second kappa shape index (κ2) is 16.6. The molecule has 12 aromatic rings. The number of pyridine rings is 2. The van der Waals surface area contributed by atoms with Gasteiger partial charge in [-0.3, -0.25) is 9.97 Å². The van der Waals surface area contributed by atoms with Gasteiger partial charge >= 0.3 is 6.18 Å². The molecule has 330 valence electrons. The summed E-state index contributed by atoms with van der Waals surface area (Å²) in [6.45, 7) is 8.34. The fraction of sp³-hybridized carbons (Fsp3) is 0.0164. The molecule has 0 radical (unpaired) electrons. The number of nitriles is 1. The smallest absolute Gasteiger partial charge is 0.309 e. The van der Waals surface area contributed by atoms with Crippen LogP contribution in [0, 0.1) is 17.9 Å². The van der Waals surface area contributed by atoms with E-state index in [2.05, 4.69) is 23.0 Å². The Morgan fingerprint density at radius 2 is 0.900 bits per heavy atom. The molecule has 6 nitrogen and oxygen atoms in total. The van der Waals surface area contributed by atoms with Crippen molar-refractivity contribution >= 4 is 49.3 Å². The van der Waals surface area contributed by atoms with Crippen molar-refractivity contribution < 1.29 is 13.2 Å². The molecule has 0 bridgehead atoms. The van der Waals surface area contributed by atoms with Crippen molar-refractivity contribution in [1.82, 2.24) is 19.1 Å². The van der Waals surface area contributed by atoms with Crippen LogP contribution in [0.4, 0.5) is 18.9 Å². The molecule has 0 N–H and O–H groups in total. The maximum Gasteiger partial charge on any atom is 0.415 e. The van der Waals surface area contributed by atoms with E-state index in [1.165, 1.54) is 12.1 Å². The minimum Gasteiger partial charge on any atom is -0.309 e. The van der Waals surface area contributed by atoms with Gasteiger partial charge in [0.15, 0.2) is 5.69 Å². The van der Waals surface area contributed by atoms with E-state index in [-0.39, 0.29) is 22.4 Å². The number of alkyl halides is 3. The third-order valence-corrected chi connectivity index (χ3v) is 13.1. The Kier molecular flexibility index (Phi) is 9.94. The van der Waals surface area contributed by atoms with E-state index in [1.54, 1.807) is 12.1 Å². The third kappa shape index (κ3) is 6.96. The molecule has 0 amide bonds. The Hall–Kier alpha value is -9.57. The summed E-state index contributed by atoms with van der Waals surface area (Å²) in [5.74, 6) is 0. The standard InChI is InChI=1S/C61H35F3N6/c1-66-52-20-12-19-49(61(62,63)64)59(52)60-57(69-53-21-10-8-17-45(53)47-33-41(25-29-55(47)69)43-23-27-50(67-36-43)39-13-4-2-5-14-39)31-38(35-65)32-58(60)70-54-22-11-9-18-46(54)48-34-42(26-30-56(48)70)44-24-28-51(68-37-44)40-15-6-3-7-16-40/h2-34,36-37H. The average Bonchev–Trinajstić information content (AvgIpc) is 3.92. The number of para-hydroxylation sites is 2. The molecule has 0 aliphatic heterocycles. The van der Waals surface area contributed by atoms with Crippen LogP contribution in [0.15, 0.2) is 213 Å². The van der Waals surface area contributed by atoms with Gasteiger partial charge in [0.2, 0.25) is 0 Å². The number of fused-ring (bicyclic) bond motifs is 6. The number of hydrogen-bond donors (Lipinski definition) is 0. The van der Waals surface area contributed by atoms with Crippen LogP contribution in [-0.2, 0) is 6.18 Å². The molecule has 4 heterocycles. The molecule has 0 atom stereocenters. The van der Waals surface area contributed by atoms with Crippen molar-refractivity contribution in [2.75, 3.05) is 0 Å². The van der Waals surface area contributed by atoms with E-state index in [0.29, 0.717) is 33.4 Å². The van der Waals surface area contributed by atoms with Crippen molar-refractivity contribution in [3.63, 3.8) is 0 Å². The highest BCUT2D eigenvalue weighted by Crippen LogP contribution is 2.50. The monoisotopic (exact) mass is 908 g/mol. The van der Waals surface area contributed by atoms with Gasteiger partial charge in [-0.1, -0.05) is 140 Å². The predicted molar refractivity (Wildman–Crippen MR) is 274 cm³/mol. The van der Waals surface area contributed by atoms with E-state index in [0.717, 1.165) is 72.4 Å². The van der Waals surface area contributed by atoms with Gasteiger partial charge in [0, 0.05) is 67.3 Å². The van der Waals surface area contributed by atoms with Crippen LogP contribution in [0.1, 0.15) is 11.1 Å². The zero-order valence-corrected chi connectivity index (χ0v) is 37.0. The van der Waals surface area contributed by atoms with Gasteiger partial charge in [0.1, 0.15) is 0 Å². The van der Waals surface area contributed by atoms with Gasteiger partial charge in [0.05, 0.1) is 68.6 Å². The van der Waals surface area contributed by atoms with Crippen LogP contribution in [0.2, 0.25) is 0 Å². The van der Waals surface area contributed by atoms with Gasteiger partial charge in [-0.15, -0.1) is 0 Å². The lowest BCUT2D eigenvalue weighted by molar-refractivity contribution is -0.137. The Balaban J connectivity index is 1.13. The Bertz CT molecular complexity index is 3880. The van der Waals surface area contributed by atoms with E-state index in [9.17, 15) is 5.26 Å². The first-order valence-corrected chi connectivity index (χ1v) is 22.5. The van der Waals surface area contributed by atoms with Gasteiger partial charge in [-0.25, -0.2) is 4.85 Å². The van der Waals surface area contributed by atoms with Crippen LogP contribution in [0.3, 0.4) is 0 Å². The van der Waals surface area contributed by atoms with Crippen LogP contribution >= 0.6 is 0 Å². The molecule has 0 spiro atoms. The van der Waals surface area contributed by atoms with Crippen molar-refractivity contribution in [2.24, 2.45) is 0 Å². The van der Waals surface area contributed by atoms with Crippen molar-refractivity contribution in [1.29, 1.82) is 5.26 Å². The lowest BCUT2D eigenvalue weighted by Crippen LogP contribution is -2.11. The summed E-state index contributed by atoms with van der Waals surface area (Å²) < 4.78 is 50.8. The molecular weight excluding hydrogens is 874 g/mol. The Morgan fingerprint density at radius 3 is 1.34 bits per heavy atom. The maximum atomic E-state index is 15.6. The highest BCUT2D eigenvalue weighted by atomic mass is 19.4. The van der Waals surface area contributed by atoms with Crippen LogP contribution in [-0.4, -0.2) is 19.1 Å². The molecule has 4 aromatic heterocycles. The Labute approximate surface area is 399 Å². The quantitative estimate of drug-likeness (QED) is 0.150. The summed E-state index contributed by atoms with van der Waals surface area (Å²) >= 11 is 0. The summed E-state index contributed by atoms with van der Waals surface area (Å²) in [6.07, 6.45) is -1.16. The summed E-state index contributed by atoms with van der Waals surface area (Å²) in [5.41, 5.74) is 9.70. The minimum absolute atomic E-state index is 0.151. The summed E-state index contributed by atoms with van der Waals surface area (Å²) in [6, 6.07) is 64.8. The molecule has 0 aliphatic carbocycles. The highest BCUT2D eigenvalue weighted by Gasteiger charge is 2.37. The third-order valence-electron chi connectivity index (χ3n) is 13.1. The zero-order chi connectivity index (χ0) is 47.5. The minimum atomic E-state index is -4.85. The number of halogens is 3. The van der Waals surface area contributed by atoms with Crippen LogP contribution in [0.5, 0.6) is 0 Å². The van der Waals surface area contributed by atoms with E-state index in [4.69, 9.17) is 16.5 Å². The maximum absolute atomic E-state index is 15.6. The zero-order valence-electron chi connectivity index (χ0n) is 37.0. The molecule has 0 saturated heterocycles. The number of hydrogen-bond acceptors (Lipinski definition) is 3. The first-order valence-electron chi connectivity index (χ1n) is 22.5. The highest BCUT2D eigenvalue weighted by molar-refractivity contribution is 6.13. The van der Waals surface area contributed by atoms with Crippen LogP contribution < -0.4 is 0 Å². The van der Waals surface area contributed by atoms with Gasteiger partial charge in [0.25, 0.3) is 0 Å². The predicted octanol–water partition coefficient (Wildman–Crippen LogP) is 16.4. The molecule has 12 rings (SSSR count). The molecular formula is C61H35F3N6. The van der Waals surface area contributed by atoms with Gasteiger partial charge < -0.3 is 9.13 Å². The number of benzene rings is 8. The summed E-state index contributed by atoms with van der Waals surface area (Å²) in [4.78, 5) is 13.3. The first-order chi connectivity index (χ1) is 34.3. The molecule has 8 aromatic carbocycles. The van der Waals surface area contributed by atoms with E-state index in [1.807, 2.05) is 179 Å². The van der Waals surface area contributed by atoms with Crippen molar-refractivity contribution in [3.05, 3.63) is 235 Å². The number of aromatic nitrogens is 4. The van der Waals surface area contributed by atoms with E-state index < -0.39 is 11.7 Å². The molecule has 0 fully saturated rings. The fourth-order valence-corrected chi connectivity index (χ4v) is 9.93. The SMILES string of the molecule is [C-]#[N+]c1cccc(C(F)(F)F)c1-c1c(-n2c3ccccc3c3cc(-c4ccc(-c5ccccc5)nc4)ccc32)cc(C#N)cc1-n1c2ccccc2c2cc(-c3ccc(-c4ccccc4)nc3)ccc21.